The summed E-state index contributed by atoms with van der Waals surface area (Å²) in [6.45, 7) is 2.10. The summed E-state index contributed by atoms with van der Waals surface area (Å²) in [5, 5.41) is 31.3. The lowest BCUT2D eigenvalue weighted by Gasteiger charge is -2.34. The van der Waals surface area contributed by atoms with E-state index in [1.165, 1.54) is 36.4 Å². The Morgan fingerprint density at radius 3 is 1.86 bits per heavy atom. The second kappa shape index (κ2) is 14.4. The van der Waals surface area contributed by atoms with Gasteiger partial charge in [0.25, 0.3) is 0 Å². The molecule has 0 fully saturated rings. The number of halogens is 6. The summed E-state index contributed by atoms with van der Waals surface area (Å²) in [6.07, 6.45) is -1.81. The van der Waals surface area contributed by atoms with E-state index in [0.717, 1.165) is 44.6 Å². The third-order valence-electron chi connectivity index (χ3n) is 8.10. The van der Waals surface area contributed by atoms with Gasteiger partial charge >= 0.3 is 18.1 Å². The monoisotopic (exact) mass is 612 g/mol. The molecule has 0 bridgehead atoms. The largest absolute Gasteiger partial charge is 0.508 e. The van der Waals surface area contributed by atoms with Crippen LogP contribution in [-0.2, 0) is 10.2 Å². The minimum atomic E-state index is -5.78. The van der Waals surface area contributed by atoms with Crippen LogP contribution in [0.2, 0.25) is 0 Å². The van der Waals surface area contributed by atoms with Gasteiger partial charge in [-0.2, -0.15) is 22.0 Å². The maximum atomic E-state index is 15.2. The van der Waals surface area contributed by atoms with Crippen LogP contribution in [-0.4, -0.2) is 33.4 Å². The van der Waals surface area contributed by atoms with Crippen LogP contribution in [0, 0.1) is 5.82 Å². The average molecular weight is 613 g/mol. The van der Waals surface area contributed by atoms with Gasteiger partial charge in [0.05, 0.1) is 5.41 Å². The Labute approximate surface area is 247 Å². The lowest BCUT2D eigenvalue weighted by molar-refractivity contribution is -0.284. The highest BCUT2D eigenvalue weighted by Gasteiger charge is 2.57. The molecule has 0 aliphatic heterocycles. The van der Waals surface area contributed by atoms with E-state index in [0.29, 0.717) is 23.6 Å². The number of carbonyl (C=O) groups is 1. The smallest absolute Gasteiger partial charge is 0.453 e. The van der Waals surface area contributed by atoms with Gasteiger partial charge in [-0.05, 0) is 65.4 Å². The van der Waals surface area contributed by atoms with Crippen molar-refractivity contribution in [2.24, 2.45) is 0 Å². The van der Waals surface area contributed by atoms with Gasteiger partial charge in [-0.3, -0.25) is 4.79 Å². The molecule has 4 nitrogen and oxygen atoms in total. The van der Waals surface area contributed by atoms with E-state index in [-0.39, 0.29) is 34.6 Å². The number of alkyl halides is 5. The number of phenolic OH excluding ortho intramolecular Hbond substituents is 2. The van der Waals surface area contributed by atoms with Crippen molar-refractivity contribution >= 4 is 16.7 Å². The molecule has 0 saturated heterocycles. The first kappa shape index (κ1) is 34.1. The van der Waals surface area contributed by atoms with Gasteiger partial charge in [0, 0.05) is 18.1 Å². The molecule has 10 heteroatoms. The summed E-state index contributed by atoms with van der Waals surface area (Å²) < 4.78 is 82.1. The molecule has 0 aromatic heterocycles. The number of hydrogen-bond acceptors (Lipinski definition) is 3. The third kappa shape index (κ3) is 8.15. The van der Waals surface area contributed by atoms with Crippen molar-refractivity contribution in [2.45, 2.75) is 101 Å². The van der Waals surface area contributed by atoms with E-state index in [9.17, 15) is 42.1 Å². The highest BCUT2D eigenvalue weighted by molar-refractivity contribution is 5.99. The Hall–Kier alpha value is -3.43. The summed E-state index contributed by atoms with van der Waals surface area (Å²) in [5.74, 6) is -7.80. The van der Waals surface area contributed by atoms with Crippen LogP contribution in [0.4, 0.5) is 26.3 Å². The maximum absolute atomic E-state index is 15.2. The Morgan fingerprint density at radius 2 is 1.26 bits per heavy atom. The fourth-order valence-electron chi connectivity index (χ4n) is 5.79. The van der Waals surface area contributed by atoms with Gasteiger partial charge < -0.3 is 15.3 Å². The number of benzene rings is 3. The van der Waals surface area contributed by atoms with Gasteiger partial charge in [-0.15, -0.1) is 0 Å². The van der Waals surface area contributed by atoms with Crippen molar-refractivity contribution in [3.8, 4) is 22.6 Å². The summed E-state index contributed by atoms with van der Waals surface area (Å²) in [4.78, 5) is 13.3. The zero-order valence-electron chi connectivity index (χ0n) is 24.1. The van der Waals surface area contributed by atoms with Crippen LogP contribution in [0.15, 0.2) is 48.5 Å². The topological polar surface area (TPSA) is 77.8 Å². The molecule has 0 aliphatic rings. The minimum Gasteiger partial charge on any atom is -0.508 e. The zero-order chi connectivity index (χ0) is 31.8. The predicted molar refractivity (Wildman–Crippen MR) is 154 cm³/mol. The van der Waals surface area contributed by atoms with Crippen molar-refractivity contribution in [3.63, 3.8) is 0 Å². The van der Waals surface area contributed by atoms with Gasteiger partial charge in [-0.1, -0.05) is 76.5 Å². The molecule has 3 rings (SSSR count). The Morgan fingerprint density at radius 1 is 0.698 bits per heavy atom. The minimum absolute atomic E-state index is 0.0649. The fourth-order valence-corrected chi connectivity index (χ4v) is 5.79. The first-order valence-electron chi connectivity index (χ1n) is 14.7. The molecular weight excluding hydrogens is 574 g/mol. The summed E-state index contributed by atoms with van der Waals surface area (Å²) >= 11 is 0. The normalized spacial score (nSPS) is 13.7. The summed E-state index contributed by atoms with van der Waals surface area (Å²) in [5.41, 5.74) is -1.84. The van der Waals surface area contributed by atoms with Crippen LogP contribution >= 0.6 is 0 Å². The van der Waals surface area contributed by atoms with Gasteiger partial charge in [0.15, 0.2) is 0 Å². The van der Waals surface area contributed by atoms with Crippen LogP contribution < -0.4 is 0 Å². The molecule has 0 radical (unpaired) electrons. The van der Waals surface area contributed by atoms with E-state index in [2.05, 4.69) is 6.92 Å². The van der Waals surface area contributed by atoms with Crippen LogP contribution in [0.25, 0.3) is 21.9 Å². The number of carboxylic acids is 1. The second-order valence-electron chi connectivity index (χ2n) is 11.2. The first-order chi connectivity index (χ1) is 20.2. The molecule has 0 heterocycles. The van der Waals surface area contributed by atoms with E-state index in [4.69, 9.17) is 0 Å². The molecular formula is C33H38F6O4. The lowest BCUT2D eigenvalue weighted by Crippen LogP contribution is -2.39. The summed E-state index contributed by atoms with van der Waals surface area (Å²) in [7, 11) is 0. The standard InChI is InChI=1S/C33H38F6O4/c1-2-3-4-5-6-7-8-9-17-31(30(42)43,18-10-19-32(35,36)33(37,38)39)29-25-15-12-23(40)20-22(25)11-14-27(29)26-16-13-24(41)21-28(26)34/h11-16,20-21,40-41H,2-10,17-19H2,1H3,(H,42,43). The van der Waals surface area contributed by atoms with E-state index >= 15 is 4.39 Å². The zero-order valence-corrected chi connectivity index (χ0v) is 24.1. The molecule has 3 aromatic rings. The number of carboxylic acid groups (broad SMARTS) is 1. The number of fused-ring (bicyclic) bond motifs is 1. The Kier molecular flexibility index (Phi) is 11.4. The van der Waals surface area contributed by atoms with Crippen molar-refractivity contribution < 1.29 is 46.5 Å². The molecule has 3 aromatic carbocycles. The quantitative estimate of drug-likeness (QED) is 0.111. The Bertz CT molecular complexity index is 1390. The lowest BCUT2D eigenvalue weighted by atomic mass is 9.68. The SMILES string of the molecule is CCCCCCCCCCC(CCCC(F)(F)C(F)(F)F)(C(=O)O)c1c(-c2ccc(O)cc2F)ccc2cc(O)ccc12. The number of rotatable bonds is 16. The molecule has 236 valence electrons. The van der Waals surface area contributed by atoms with E-state index in [1.807, 2.05) is 0 Å². The van der Waals surface area contributed by atoms with Crippen molar-refractivity contribution in [2.75, 3.05) is 0 Å². The molecule has 0 spiro atoms. The number of hydrogen-bond donors (Lipinski definition) is 3. The Balaban J connectivity index is 2.14. The molecule has 0 amide bonds. The summed E-state index contributed by atoms with van der Waals surface area (Å²) in [6, 6.07) is 10.4. The number of aromatic hydroxyl groups is 2. The fraction of sp³-hybridized carbons (Fsp3) is 0.485. The highest BCUT2D eigenvalue weighted by atomic mass is 19.4. The van der Waals surface area contributed by atoms with Gasteiger partial charge in [-0.25, -0.2) is 4.39 Å². The molecule has 0 aliphatic carbocycles. The van der Waals surface area contributed by atoms with Crippen LogP contribution in [0.5, 0.6) is 11.5 Å². The van der Waals surface area contributed by atoms with E-state index in [1.54, 1.807) is 6.07 Å². The number of phenols is 2. The van der Waals surface area contributed by atoms with Crippen molar-refractivity contribution in [1.82, 2.24) is 0 Å². The molecule has 43 heavy (non-hydrogen) atoms. The van der Waals surface area contributed by atoms with Crippen LogP contribution in [0.3, 0.4) is 0 Å². The predicted octanol–water partition coefficient (Wildman–Crippen LogP) is 10.3. The third-order valence-corrected chi connectivity index (χ3v) is 8.10. The average Bonchev–Trinajstić information content (AvgIpc) is 2.92. The van der Waals surface area contributed by atoms with Gasteiger partial charge in [0.1, 0.15) is 17.3 Å². The number of unbranched alkanes of at least 4 members (excludes halogenated alkanes) is 7. The van der Waals surface area contributed by atoms with Crippen LogP contribution in [0.1, 0.15) is 89.5 Å². The molecule has 1 atom stereocenters. The first-order valence-corrected chi connectivity index (χ1v) is 14.7. The van der Waals surface area contributed by atoms with Gasteiger partial charge in [0.2, 0.25) is 0 Å². The highest BCUT2D eigenvalue weighted by Crippen LogP contribution is 2.48. The molecule has 1 unspecified atom stereocenters. The molecule has 3 N–H and O–H groups in total. The van der Waals surface area contributed by atoms with Crippen molar-refractivity contribution in [3.05, 3.63) is 59.9 Å². The number of aliphatic carboxylic acids is 1. The molecule has 0 saturated carbocycles. The second-order valence-corrected chi connectivity index (χ2v) is 11.2. The van der Waals surface area contributed by atoms with E-state index < -0.39 is 48.6 Å². The van der Waals surface area contributed by atoms with Crippen molar-refractivity contribution in [1.29, 1.82) is 0 Å². The maximum Gasteiger partial charge on any atom is 0.453 e.